The summed E-state index contributed by atoms with van der Waals surface area (Å²) in [4.78, 5) is 0. The molecule has 3 nitrogen and oxygen atoms in total. The Morgan fingerprint density at radius 3 is 2.44 bits per heavy atom. The molecular weight excluding hydrogens is 242 g/mol. The van der Waals surface area contributed by atoms with E-state index in [4.69, 9.17) is 0 Å². The molecule has 1 saturated carbocycles. The maximum absolute atomic E-state index is 11.5. The number of nitrogens with zero attached hydrogens (tertiary/aromatic N) is 1. The van der Waals surface area contributed by atoms with E-state index in [0.29, 0.717) is 0 Å². The van der Waals surface area contributed by atoms with E-state index in [0.717, 1.165) is 18.1 Å². The van der Waals surface area contributed by atoms with Crippen molar-refractivity contribution in [2.24, 2.45) is 5.92 Å². The van der Waals surface area contributed by atoms with E-state index < -0.39 is 10.0 Å². The van der Waals surface area contributed by atoms with Gasteiger partial charge in [0.25, 0.3) is 0 Å². The van der Waals surface area contributed by atoms with Crippen LogP contribution in [0.4, 0.5) is 0 Å². The quantitative estimate of drug-likeness (QED) is 0.662. The van der Waals surface area contributed by atoms with Crippen molar-refractivity contribution in [3.63, 3.8) is 0 Å². The Balaban J connectivity index is 2.03. The van der Waals surface area contributed by atoms with E-state index in [1.165, 1.54) is 35.7 Å². The van der Waals surface area contributed by atoms with Gasteiger partial charge in [0.05, 0.1) is 5.75 Å². The van der Waals surface area contributed by atoms with Crippen molar-refractivity contribution in [3.05, 3.63) is 0 Å². The molecule has 0 aliphatic heterocycles. The van der Waals surface area contributed by atoms with E-state index in [9.17, 15) is 8.42 Å². The highest BCUT2D eigenvalue weighted by Crippen LogP contribution is 2.27. The molecule has 96 valence electrons. The highest BCUT2D eigenvalue weighted by Gasteiger charge is 2.15. The monoisotopic (exact) mass is 265 g/mol. The fourth-order valence-electron chi connectivity index (χ4n) is 1.95. The summed E-state index contributed by atoms with van der Waals surface area (Å²) in [6.45, 7) is 0. The summed E-state index contributed by atoms with van der Waals surface area (Å²) in [6, 6.07) is 0. The third-order valence-electron chi connectivity index (χ3n) is 3.08. The lowest BCUT2D eigenvalue weighted by atomic mass is 10.1. The van der Waals surface area contributed by atoms with Crippen LogP contribution in [0.3, 0.4) is 0 Å². The minimum absolute atomic E-state index is 0.289. The molecule has 1 aliphatic rings. The van der Waals surface area contributed by atoms with Gasteiger partial charge in [0.1, 0.15) is 0 Å². The molecule has 0 aromatic heterocycles. The molecule has 1 aliphatic carbocycles. The Labute approximate surface area is 104 Å². The van der Waals surface area contributed by atoms with Gasteiger partial charge in [-0.1, -0.05) is 12.8 Å². The maximum Gasteiger partial charge on any atom is 0.213 e. The van der Waals surface area contributed by atoms with E-state index in [1.807, 2.05) is 11.8 Å². The van der Waals surface area contributed by atoms with Gasteiger partial charge in [-0.25, -0.2) is 12.7 Å². The normalized spacial score (nSPS) is 18.4. The number of hydrogen-bond donors (Lipinski definition) is 0. The molecule has 0 N–H and O–H groups in total. The van der Waals surface area contributed by atoms with Crippen LogP contribution in [-0.4, -0.2) is 44.1 Å². The first-order valence-electron chi connectivity index (χ1n) is 6.00. The number of sulfonamides is 1. The molecule has 5 heteroatoms. The summed E-state index contributed by atoms with van der Waals surface area (Å²) in [5.41, 5.74) is 0. The first-order valence-corrected chi connectivity index (χ1v) is 8.76. The number of rotatable bonds is 7. The van der Waals surface area contributed by atoms with E-state index in [2.05, 4.69) is 0 Å². The number of hydrogen-bond acceptors (Lipinski definition) is 3. The first kappa shape index (κ1) is 14.3. The highest BCUT2D eigenvalue weighted by atomic mass is 32.2. The Bertz CT molecular complexity index is 282. The van der Waals surface area contributed by atoms with Crippen LogP contribution in [0.1, 0.15) is 32.1 Å². The molecule has 0 amide bonds. The summed E-state index contributed by atoms with van der Waals surface area (Å²) < 4.78 is 24.2. The lowest BCUT2D eigenvalue weighted by Gasteiger charge is -2.11. The lowest BCUT2D eigenvalue weighted by molar-refractivity contribution is 0.520. The standard InChI is InChI=1S/C11H23NO2S2/c1-12(2)16(13,14)9-5-8-15-10-11-6-3-4-7-11/h11H,3-10H2,1-2H3. The maximum atomic E-state index is 11.5. The van der Waals surface area contributed by atoms with Crippen molar-refractivity contribution in [2.75, 3.05) is 31.4 Å². The van der Waals surface area contributed by atoms with Crippen LogP contribution in [0.2, 0.25) is 0 Å². The van der Waals surface area contributed by atoms with Gasteiger partial charge >= 0.3 is 0 Å². The molecule has 0 saturated heterocycles. The third kappa shape index (κ3) is 5.06. The van der Waals surface area contributed by atoms with Crippen LogP contribution < -0.4 is 0 Å². The lowest BCUT2D eigenvalue weighted by Crippen LogP contribution is -2.25. The summed E-state index contributed by atoms with van der Waals surface area (Å²) >= 11 is 1.92. The molecule has 0 aromatic rings. The van der Waals surface area contributed by atoms with Crippen molar-refractivity contribution in [3.8, 4) is 0 Å². The van der Waals surface area contributed by atoms with Crippen molar-refractivity contribution < 1.29 is 8.42 Å². The smallest absolute Gasteiger partial charge is 0.212 e. The van der Waals surface area contributed by atoms with Crippen LogP contribution in [-0.2, 0) is 10.0 Å². The molecule has 0 spiro atoms. The van der Waals surface area contributed by atoms with Crippen LogP contribution in [0.15, 0.2) is 0 Å². The second-order valence-corrected chi connectivity index (χ2v) is 8.13. The van der Waals surface area contributed by atoms with Gasteiger partial charge in [0.2, 0.25) is 10.0 Å². The van der Waals surface area contributed by atoms with E-state index in [1.54, 1.807) is 14.1 Å². The zero-order chi connectivity index (χ0) is 12.0. The van der Waals surface area contributed by atoms with Crippen molar-refractivity contribution in [2.45, 2.75) is 32.1 Å². The predicted molar refractivity (Wildman–Crippen MR) is 71.4 cm³/mol. The molecular formula is C11H23NO2S2. The molecule has 16 heavy (non-hydrogen) atoms. The first-order chi connectivity index (χ1) is 7.52. The average molecular weight is 265 g/mol. The molecule has 0 unspecified atom stereocenters. The van der Waals surface area contributed by atoms with Gasteiger partial charge in [0, 0.05) is 14.1 Å². The van der Waals surface area contributed by atoms with Crippen LogP contribution in [0.5, 0.6) is 0 Å². The average Bonchev–Trinajstić information content (AvgIpc) is 2.69. The Hall–Kier alpha value is 0.260. The van der Waals surface area contributed by atoms with Crippen molar-refractivity contribution >= 4 is 21.8 Å². The predicted octanol–water partition coefficient (Wildman–Crippen LogP) is 2.19. The topological polar surface area (TPSA) is 37.4 Å². The van der Waals surface area contributed by atoms with Crippen LogP contribution in [0, 0.1) is 5.92 Å². The molecule has 0 bridgehead atoms. The second-order valence-electron chi connectivity index (χ2n) is 4.68. The van der Waals surface area contributed by atoms with Crippen molar-refractivity contribution in [1.82, 2.24) is 4.31 Å². The van der Waals surface area contributed by atoms with Gasteiger partial charge in [-0.05, 0) is 36.7 Å². The third-order valence-corrected chi connectivity index (χ3v) is 6.28. The fraction of sp³-hybridized carbons (Fsp3) is 1.00. The SMILES string of the molecule is CN(C)S(=O)(=O)CCCSCC1CCCC1. The Kier molecular flexibility index (Phi) is 6.15. The van der Waals surface area contributed by atoms with Crippen LogP contribution >= 0.6 is 11.8 Å². The zero-order valence-corrected chi connectivity index (χ0v) is 11.9. The molecule has 0 radical (unpaired) electrons. The van der Waals surface area contributed by atoms with Crippen molar-refractivity contribution in [1.29, 1.82) is 0 Å². The zero-order valence-electron chi connectivity index (χ0n) is 10.3. The number of thioether (sulfide) groups is 1. The van der Waals surface area contributed by atoms with E-state index in [-0.39, 0.29) is 5.75 Å². The minimum atomic E-state index is -2.98. The summed E-state index contributed by atoms with van der Waals surface area (Å²) in [7, 11) is 0.219. The Morgan fingerprint density at radius 2 is 1.88 bits per heavy atom. The van der Waals surface area contributed by atoms with Gasteiger partial charge in [0.15, 0.2) is 0 Å². The Morgan fingerprint density at radius 1 is 1.25 bits per heavy atom. The fourth-order valence-corrected chi connectivity index (χ4v) is 4.19. The molecule has 1 rings (SSSR count). The highest BCUT2D eigenvalue weighted by molar-refractivity contribution is 7.99. The molecule has 0 atom stereocenters. The molecule has 1 fully saturated rings. The summed E-state index contributed by atoms with van der Waals surface area (Å²) in [6.07, 6.45) is 6.31. The largest absolute Gasteiger partial charge is 0.213 e. The summed E-state index contributed by atoms with van der Waals surface area (Å²) in [5, 5.41) is 0. The molecule has 0 aromatic carbocycles. The van der Waals surface area contributed by atoms with E-state index >= 15 is 0 Å². The van der Waals surface area contributed by atoms with Gasteiger partial charge in [-0.3, -0.25) is 0 Å². The van der Waals surface area contributed by atoms with Gasteiger partial charge < -0.3 is 0 Å². The summed E-state index contributed by atoms with van der Waals surface area (Å²) in [5.74, 6) is 3.39. The molecule has 0 heterocycles. The van der Waals surface area contributed by atoms with Crippen LogP contribution in [0.25, 0.3) is 0 Å². The minimum Gasteiger partial charge on any atom is -0.212 e. The van der Waals surface area contributed by atoms with Gasteiger partial charge in [-0.2, -0.15) is 11.8 Å². The van der Waals surface area contributed by atoms with Gasteiger partial charge in [-0.15, -0.1) is 0 Å². The second kappa shape index (κ2) is 6.87.